The van der Waals surface area contributed by atoms with Crippen molar-refractivity contribution in [3.63, 3.8) is 0 Å². The van der Waals surface area contributed by atoms with Crippen molar-refractivity contribution in [2.75, 3.05) is 0 Å². The van der Waals surface area contributed by atoms with E-state index in [1.807, 2.05) is 6.92 Å². The van der Waals surface area contributed by atoms with Crippen molar-refractivity contribution >= 4 is 11.8 Å². The Morgan fingerprint density at radius 3 is 2.43 bits per heavy atom. The molecule has 1 aromatic heterocycles. The Kier molecular flexibility index (Phi) is 2.54. The number of rotatable bonds is 2. The number of aromatic amines is 1. The number of aromatic nitrogens is 3. The maximum Gasteiger partial charge on any atom is 0.213 e. The van der Waals surface area contributed by atoms with Crippen LogP contribution in [0, 0.1) is 13.8 Å². The maximum atomic E-state index is 4.22. The van der Waals surface area contributed by atoms with Crippen molar-refractivity contribution in [2.45, 2.75) is 23.9 Å². The Labute approximate surface area is 87.0 Å². The largest absolute Gasteiger partial charge is 0.262 e. The van der Waals surface area contributed by atoms with Gasteiger partial charge in [-0.15, -0.1) is 5.10 Å². The van der Waals surface area contributed by atoms with Gasteiger partial charge in [0.2, 0.25) is 5.16 Å². The summed E-state index contributed by atoms with van der Waals surface area (Å²) in [4.78, 5) is 5.39. The van der Waals surface area contributed by atoms with E-state index in [2.05, 4.69) is 46.4 Å². The molecule has 0 saturated carbocycles. The minimum atomic E-state index is 0.770. The first-order valence-electron chi connectivity index (χ1n) is 4.37. The van der Waals surface area contributed by atoms with Crippen LogP contribution in [0.4, 0.5) is 0 Å². The van der Waals surface area contributed by atoms with Gasteiger partial charge in [-0.1, -0.05) is 17.7 Å². The van der Waals surface area contributed by atoms with Gasteiger partial charge in [-0.3, -0.25) is 5.10 Å². The lowest BCUT2D eigenvalue weighted by molar-refractivity contribution is 0.969. The van der Waals surface area contributed by atoms with Crippen LogP contribution >= 0.6 is 11.8 Å². The van der Waals surface area contributed by atoms with Crippen molar-refractivity contribution < 1.29 is 0 Å². The summed E-state index contributed by atoms with van der Waals surface area (Å²) >= 11 is 1.56. The van der Waals surface area contributed by atoms with Gasteiger partial charge in [0.05, 0.1) is 0 Å². The van der Waals surface area contributed by atoms with E-state index in [-0.39, 0.29) is 0 Å². The minimum Gasteiger partial charge on any atom is -0.262 e. The molecule has 0 amide bonds. The van der Waals surface area contributed by atoms with Crippen LogP contribution in [0.3, 0.4) is 0 Å². The summed E-state index contributed by atoms with van der Waals surface area (Å²) in [5.74, 6) is 0.847. The molecular weight excluding hydrogens is 194 g/mol. The Balaban J connectivity index is 2.15. The van der Waals surface area contributed by atoms with E-state index < -0.39 is 0 Å². The molecule has 0 aliphatic carbocycles. The third-order valence-corrected chi connectivity index (χ3v) is 2.68. The van der Waals surface area contributed by atoms with Gasteiger partial charge in [0.15, 0.2) is 0 Å². The van der Waals surface area contributed by atoms with Crippen molar-refractivity contribution in [2.24, 2.45) is 0 Å². The predicted molar refractivity (Wildman–Crippen MR) is 56.4 cm³/mol. The first-order chi connectivity index (χ1) is 6.74. The molecule has 0 aliphatic rings. The Morgan fingerprint density at radius 1 is 1.14 bits per heavy atom. The van der Waals surface area contributed by atoms with Gasteiger partial charge >= 0.3 is 0 Å². The highest BCUT2D eigenvalue weighted by molar-refractivity contribution is 7.99. The van der Waals surface area contributed by atoms with Crippen molar-refractivity contribution in [1.82, 2.24) is 15.2 Å². The third-order valence-electron chi connectivity index (χ3n) is 1.81. The van der Waals surface area contributed by atoms with E-state index in [1.54, 1.807) is 11.8 Å². The topological polar surface area (TPSA) is 41.6 Å². The van der Waals surface area contributed by atoms with Crippen molar-refractivity contribution in [3.8, 4) is 0 Å². The average molecular weight is 205 g/mol. The molecule has 0 atom stereocenters. The van der Waals surface area contributed by atoms with Gasteiger partial charge < -0.3 is 0 Å². The van der Waals surface area contributed by atoms with Crippen LogP contribution < -0.4 is 0 Å². The second-order valence-electron chi connectivity index (χ2n) is 3.12. The van der Waals surface area contributed by atoms with Crippen LogP contribution in [-0.4, -0.2) is 15.2 Å². The summed E-state index contributed by atoms with van der Waals surface area (Å²) in [5.41, 5.74) is 1.26. The van der Waals surface area contributed by atoms with E-state index >= 15 is 0 Å². The molecule has 1 N–H and O–H groups in total. The highest BCUT2D eigenvalue weighted by Crippen LogP contribution is 2.24. The zero-order chi connectivity index (χ0) is 9.97. The molecule has 0 bridgehead atoms. The van der Waals surface area contributed by atoms with Crippen LogP contribution in [0.25, 0.3) is 0 Å². The molecule has 72 valence electrons. The lowest BCUT2D eigenvalue weighted by Gasteiger charge is -1.96. The quantitative estimate of drug-likeness (QED) is 0.819. The zero-order valence-electron chi connectivity index (χ0n) is 8.11. The van der Waals surface area contributed by atoms with Gasteiger partial charge in [0.1, 0.15) is 5.82 Å². The molecule has 0 spiro atoms. The number of nitrogens with zero attached hydrogens (tertiary/aromatic N) is 2. The second kappa shape index (κ2) is 3.84. The van der Waals surface area contributed by atoms with Crippen LogP contribution in [0.5, 0.6) is 0 Å². The molecule has 3 nitrogen and oxygen atoms in total. The number of H-pyrrole nitrogens is 1. The highest BCUT2D eigenvalue weighted by Gasteiger charge is 2.01. The number of hydrogen-bond donors (Lipinski definition) is 1. The smallest absolute Gasteiger partial charge is 0.213 e. The van der Waals surface area contributed by atoms with Crippen molar-refractivity contribution in [3.05, 3.63) is 35.7 Å². The second-order valence-corrected chi connectivity index (χ2v) is 4.16. The molecule has 0 aliphatic heterocycles. The van der Waals surface area contributed by atoms with Gasteiger partial charge in [0.25, 0.3) is 0 Å². The lowest BCUT2D eigenvalue weighted by atomic mass is 10.2. The molecule has 1 heterocycles. The SMILES string of the molecule is Cc1ccc(Sc2n[nH]c(C)n2)cc1. The highest BCUT2D eigenvalue weighted by atomic mass is 32.2. The average Bonchev–Trinajstić information content (AvgIpc) is 2.56. The van der Waals surface area contributed by atoms with Crippen LogP contribution in [0.1, 0.15) is 11.4 Å². The molecular formula is C10H11N3S. The molecule has 2 aromatic rings. The fraction of sp³-hybridized carbons (Fsp3) is 0.200. The summed E-state index contributed by atoms with van der Waals surface area (Å²) in [6.45, 7) is 3.97. The van der Waals surface area contributed by atoms with E-state index in [1.165, 1.54) is 5.56 Å². The van der Waals surface area contributed by atoms with E-state index in [9.17, 15) is 0 Å². The number of nitrogens with one attached hydrogen (secondary N) is 1. The molecule has 0 unspecified atom stereocenters. The molecule has 2 rings (SSSR count). The summed E-state index contributed by atoms with van der Waals surface area (Å²) in [6.07, 6.45) is 0. The molecule has 14 heavy (non-hydrogen) atoms. The molecule has 0 fully saturated rings. The Morgan fingerprint density at radius 2 is 1.86 bits per heavy atom. The minimum absolute atomic E-state index is 0.770. The van der Waals surface area contributed by atoms with Gasteiger partial charge in [0, 0.05) is 4.90 Å². The van der Waals surface area contributed by atoms with Gasteiger partial charge in [-0.05, 0) is 37.7 Å². The molecule has 0 saturated heterocycles. The maximum absolute atomic E-state index is 4.22. The van der Waals surface area contributed by atoms with Gasteiger partial charge in [-0.25, -0.2) is 4.98 Å². The molecule has 1 aromatic carbocycles. The standard InChI is InChI=1S/C10H11N3S/c1-7-3-5-9(6-4-7)14-10-11-8(2)12-13-10/h3-6H,1-2H3,(H,11,12,13). The molecule has 0 radical (unpaired) electrons. The predicted octanol–water partition coefficient (Wildman–Crippen LogP) is 2.57. The van der Waals surface area contributed by atoms with Crippen LogP contribution in [0.2, 0.25) is 0 Å². The number of benzene rings is 1. The van der Waals surface area contributed by atoms with Crippen LogP contribution in [0.15, 0.2) is 34.3 Å². The summed E-state index contributed by atoms with van der Waals surface area (Å²) in [6, 6.07) is 8.32. The third kappa shape index (κ3) is 2.14. The zero-order valence-corrected chi connectivity index (χ0v) is 8.93. The van der Waals surface area contributed by atoms with E-state index in [0.29, 0.717) is 0 Å². The monoisotopic (exact) mass is 205 g/mol. The normalized spacial score (nSPS) is 10.4. The fourth-order valence-corrected chi connectivity index (χ4v) is 1.84. The number of aryl methyl sites for hydroxylation is 2. The van der Waals surface area contributed by atoms with Crippen molar-refractivity contribution in [1.29, 1.82) is 0 Å². The van der Waals surface area contributed by atoms with Crippen LogP contribution in [-0.2, 0) is 0 Å². The lowest BCUT2D eigenvalue weighted by Crippen LogP contribution is -1.77. The summed E-state index contributed by atoms with van der Waals surface area (Å²) in [7, 11) is 0. The summed E-state index contributed by atoms with van der Waals surface area (Å²) < 4.78 is 0. The Hall–Kier alpha value is -1.29. The Bertz CT molecular complexity index is 419. The fourth-order valence-electron chi connectivity index (χ4n) is 1.08. The van der Waals surface area contributed by atoms with E-state index in [4.69, 9.17) is 0 Å². The summed E-state index contributed by atoms with van der Waals surface area (Å²) in [5, 5.41) is 7.65. The number of hydrogen-bond acceptors (Lipinski definition) is 3. The van der Waals surface area contributed by atoms with E-state index in [0.717, 1.165) is 15.9 Å². The molecule has 4 heteroatoms. The first kappa shape index (κ1) is 9.27. The first-order valence-corrected chi connectivity index (χ1v) is 5.19. The van der Waals surface area contributed by atoms with Gasteiger partial charge in [-0.2, -0.15) is 0 Å².